The molecule has 8 heterocycles. The quantitative estimate of drug-likeness (QED) is 0.141. The zero-order valence-electron chi connectivity index (χ0n) is 62.5. The summed E-state index contributed by atoms with van der Waals surface area (Å²) >= 11 is 0. The van der Waals surface area contributed by atoms with E-state index in [0.717, 1.165) is 126 Å². The Hall–Kier alpha value is -10.5. The van der Waals surface area contributed by atoms with Crippen molar-refractivity contribution in [2.75, 3.05) is 14.2 Å². The molecule has 0 saturated carbocycles. The summed E-state index contributed by atoms with van der Waals surface area (Å²) in [6.45, 7) is 25.4. The van der Waals surface area contributed by atoms with Crippen molar-refractivity contribution >= 4 is 43.9 Å². The molecule has 0 fully saturated rings. The van der Waals surface area contributed by atoms with Crippen LogP contribution in [0.4, 0.5) is 0 Å². The van der Waals surface area contributed by atoms with Gasteiger partial charge in [0.05, 0.1) is 11.3 Å². The van der Waals surface area contributed by atoms with Crippen molar-refractivity contribution in [2.45, 2.75) is 94.9 Å². The Morgan fingerprint density at radius 1 is 0.302 bits per heavy atom. The number of hydrogen-bond acceptors (Lipinski definition) is 10. The number of benzene rings is 8. The van der Waals surface area contributed by atoms with Gasteiger partial charge in [0.25, 0.3) is 0 Å². The summed E-state index contributed by atoms with van der Waals surface area (Å²) < 4.78 is 12.2. The normalized spacial score (nSPS) is 10.3. The van der Waals surface area contributed by atoms with Gasteiger partial charge in [0.15, 0.2) is 0 Å². The van der Waals surface area contributed by atoms with Crippen LogP contribution in [0.2, 0.25) is 0 Å². The number of furan rings is 2. The molecular weight excluding hydrogens is 1660 g/mol. The van der Waals surface area contributed by atoms with Gasteiger partial charge >= 0.3 is 20.1 Å². The predicted octanol–water partition coefficient (Wildman–Crippen LogP) is 23.2. The van der Waals surface area contributed by atoms with Gasteiger partial charge in [0.2, 0.25) is 0 Å². The molecule has 0 aliphatic heterocycles. The maximum atomic E-state index is 7.00. The minimum atomic E-state index is 0. The molecule has 0 aliphatic rings. The molecule has 0 aliphatic carbocycles. The van der Waals surface area contributed by atoms with Crippen molar-refractivity contribution < 1.29 is 59.3 Å². The molecule has 0 atom stereocenters. The first-order valence-corrected chi connectivity index (χ1v) is 34.7. The van der Waals surface area contributed by atoms with Gasteiger partial charge in [-0.05, 0) is 160 Å². The van der Waals surface area contributed by atoms with Crippen LogP contribution in [-0.2, 0) is 40.2 Å². The molecule has 16 aromatic rings. The molecule has 106 heavy (non-hydrogen) atoms. The first-order valence-electron chi connectivity index (χ1n) is 34.7. The number of aryl methyl sites for hydroxylation is 8. The second-order valence-corrected chi connectivity index (χ2v) is 25.5. The van der Waals surface area contributed by atoms with E-state index in [-0.39, 0.29) is 40.2 Å². The number of hydrogen-bond donors (Lipinski definition) is 2. The van der Waals surface area contributed by atoms with E-state index in [1.54, 1.807) is 0 Å². The Balaban J connectivity index is 0.000000177. The average molecular weight is 1750 g/mol. The fourth-order valence-electron chi connectivity index (χ4n) is 11.0. The third-order valence-corrected chi connectivity index (χ3v) is 17.6. The first kappa shape index (κ1) is 82.8. The van der Waals surface area contributed by atoms with Gasteiger partial charge in [-0.2, -0.15) is 0 Å². The van der Waals surface area contributed by atoms with Crippen LogP contribution in [0.15, 0.2) is 270 Å². The zero-order chi connectivity index (χ0) is 74.1. The van der Waals surface area contributed by atoms with Crippen LogP contribution in [-0.4, -0.2) is 54.3 Å². The number of aliphatic hydroxyl groups excluding tert-OH is 2. The Morgan fingerprint density at radius 2 is 0.632 bits per heavy atom. The number of aliphatic hydroxyl groups is 2. The molecule has 0 amide bonds. The Bertz CT molecular complexity index is 4870. The van der Waals surface area contributed by atoms with Gasteiger partial charge in [0.1, 0.15) is 16.7 Å². The number of aromatic nitrogens is 6. The average Bonchev–Trinajstić information content (AvgIpc) is 1.62. The van der Waals surface area contributed by atoms with Gasteiger partial charge in [-0.25, -0.2) is 0 Å². The van der Waals surface area contributed by atoms with Crippen molar-refractivity contribution in [1.29, 1.82) is 0 Å². The topological polar surface area (TPSA) is 144 Å². The minimum absolute atomic E-state index is 0. The van der Waals surface area contributed by atoms with E-state index in [0.29, 0.717) is 11.8 Å². The van der Waals surface area contributed by atoms with Crippen LogP contribution in [0.5, 0.6) is 0 Å². The summed E-state index contributed by atoms with van der Waals surface area (Å²) in [7, 11) is 2.00. The fourth-order valence-corrected chi connectivity index (χ4v) is 11.0. The largest absolute Gasteiger partial charge is 3.00 e. The van der Waals surface area contributed by atoms with Gasteiger partial charge in [-0.15, -0.1) is 162 Å². The summed E-state index contributed by atoms with van der Waals surface area (Å²) in [4.78, 5) is 26.6. The SMILES string of the molecule is CC(C)c1ccnc(-c2[c-]ccc3c2oc2ccccc23)c1.CC(C)c1ccnc(-c2cccc3c2oc2ccccc23)c1.CO.CO.Cc1cnc(-c2[c-]cccc2)cc1C.Cc1cnc(-c2[c-]cccc2)cc1C.Cc1cnc(-c2[c-]cccc2)cc1C.Cc1cnc(-c2[c-]cccc2)cc1C.[Ir+3].[Ir]. The standard InChI is InChI=1S/C20H17NO.C20H16NO.4C13H12N.2CH4O.2Ir/c2*1-13(2)14-10-11-21-18(12-14)17-8-5-7-16-15-6-3-4-9-19(15)22-20(16)17;4*1-10-8-13(14-9-11(10)2)12-6-4-3-5-7-12;2*1-2;;/h3-13H,1-2H3;3-7,9-13H,1-2H3;4*3-6,8-9H,1-2H3;2*2H,1H3;;/q;5*-1;;;;+3. The second kappa shape index (κ2) is 41.2. The van der Waals surface area contributed by atoms with E-state index in [9.17, 15) is 0 Å². The molecule has 539 valence electrons. The third kappa shape index (κ3) is 21.8. The Kier molecular flexibility index (Phi) is 32.2. The summed E-state index contributed by atoms with van der Waals surface area (Å²) in [6.07, 6.45) is 11.4. The molecule has 0 spiro atoms. The Morgan fingerprint density at radius 3 is 0.991 bits per heavy atom. The van der Waals surface area contributed by atoms with Crippen molar-refractivity contribution in [1.82, 2.24) is 29.9 Å². The van der Waals surface area contributed by atoms with Crippen LogP contribution < -0.4 is 0 Å². The molecule has 8 aromatic heterocycles. The van der Waals surface area contributed by atoms with E-state index in [4.69, 9.17) is 19.0 Å². The minimum Gasteiger partial charge on any atom is -0.501 e. The number of nitrogens with zero attached hydrogens (tertiary/aromatic N) is 6. The van der Waals surface area contributed by atoms with Gasteiger partial charge < -0.3 is 44.0 Å². The number of para-hydroxylation sites is 3. The number of pyridine rings is 6. The van der Waals surface area contributed by atoms with E-state index in [2.05, 4.69) is 228 Å². The third-order valence-electron chi connectivity index (χ3n) is 17.6. The van der Waals surface area contributed by atoms with Gasteiger partial charge in [-0.3, -0.25) is 4.98 Å². The maximum absolute atomic E-state index is 7.00. The molecule has 8 aromatic carbocycles. The van der Waals surface area contributed by atoms with Crippen LogP contribution in [0.1, 0.15) is 95.2 Å². The molecule has 0 saturated heterocycles. The molecular formula is C94H89Ir2N6O4-2. The van der Waals surface area contributed by atoms with Crippen molar-refractivity contribution in [3.8, 4) is 67.5 Å². The van der Waals surface area contributed by atoms with E-state index >= 15 is 0 Å². The van der Waals surface area contributed by atoms with Gasteiger partial charge in [0, 0.05) is 93.2 Å². The van der Waals surface area contributed by atoms with E-state index < -0.39 is 0 Å². The van der Waals surface area contributed by atoms with E-state index in [1.165, 1.54) is 55.6 Å². The van der Waals surface area contributed by atoms with Crippen LogP contribution in [0.25, 0.3) is 111 Å². The molecule has 0 bridgehead atoms. The van der Waals surface area contributed by atoms with Gasteiger partial charge in [-0.1, -0.05) is 145 Å². The van der Waals surface area contributed by atoms with E-state index in [1.807, 2.05) is 177 Å². The molecule has 0 unspecified atom stereocenters. The number of rotatable bonds is 8. The maximum Gasteiger partial charge on any atom is 3.00 e. The predicted molar refractivity (Wildman–Crippen MR) is 429 cm³/mol. The number of fused-ring (bicyclic) bond motifs is 6. The molecule has 12 heteroatoms. The van der Waals surface area contributed by atoms with Crippen molar-refractivity contribution in [3.63, 3.8) is 0 Å². The summed E-state index contributed by atoms with van der Waals surface area (Å²) in [5.41, 5.74) is 28.2. The van der Waals surface area contributed by atoms with Crippen molar-refractivity contribution in [2.24, 2.45) is 0 Å². The van der Waals surface area contributed by atoms with Crippen LogP contribution in [0, 0.1) is 85.7 Å². The molecule has 1 radical (unpaired) electrons. The summed E-state index contributed by atoms with van der Waals surface area (Å²) in [5.74, 6) is 0.952. The first-order chi connectivity index (χ1) is 50.6. The summed E-state index contributed by atoms with van der Waals surface area (Å²) in [6, 6.07) is 90.9. The smallest absolute Gasteiger partial charge is 0.501 e. The molecule has 16 rings (SSSR count). The zero-order valence-corrected chi connectivity index (χ0v) is 67.3. The summed E-state index contributed by atoms with van der Waals surface area (Å²) in [5, 5.41) is 18.5. The molecule has 2 N–H and O–H groups in total. The van der Waals surface area contributed by atoms with Crippen LogP contribution in [0.3, 0.4) is 0 Å². The Labute approximate surface area is 652 Å². The van der Waals surface area contributed by atoms with Crippen LogP contribution >= 0.6 is 0 Å². The monoisotopic (exact) mass is 1750 g/mol. The van der Waals surface area contributed by atoms with Crippen molar-refractivity contribution in [3.05, 3.63) is 348 Å². The second-order valence-electron chi connectivity index (χ2n) is 25.5. The molecule has 10 nitrogen and oxygen atoms in total. The fraction of sp³-hybridized carbons (Fsp3) is 0.170.